The molecule has 2 unspecified atom stereocenters. The predicted molar refractivity (Wildman–Crippen MR) is 80.3 cm³/mol. The maximum Gasteiger partial charge on any atom is 0.314 e. The number of rotatable bonds is 3. The van der Waals surface area contributed by atoms with Gasteiger partial charge in [0.25, 0.3) is 0 Å². The zero-order valence-electron chi connectivity index (χ0n) is 12.7. The number of aliphatic carboxylic acids is 1. The van der Waals surface area contributed by atoms with E-state index in [2.05, 4.69) is 5.10 Å². The Morgan fingerprint density at radius 2 is 2.23 bits per heavy atom. The highest BCUT2D eigenvalue weighted by Crippen LogP contribution is 2.49. The highest BCUT2D eigenvalue weighted by Gasteiger charge is 2.48. The Morgan fingerprint density at radius 3 is 2.86 bits per heavy atom. The molecule has 1 fully saturated rings. The van der Waals surface area contributed by atoms with E-state index in [1.54, 1.807) is 29.9 Å². The third-order valence-corrected chi connectivity index (χ3v) is 4.98. The Morgan fingerprint density at radius 1 is 1.45 bits per heavy atom. The van der Waals surface area contributed by atoms with E-state index in [9.17, 15) is 14.3 Å². The van der Waals surface area contributed by atoms with Crippen molar-refractivity contribution in [3.63, 3.8) is 0 Å². The van der Waals surface area contributed by atoms with Crippen LogP contribution in [0.15, 0.2) is 30.5 Å². The van der Waals surface area contributed by atoms with Crippen molar-refractivity contribution in [3.8, 4) is 0 Å². The van der Waals surface area contributed by atoms with Crippen molar-refractivity contribution in [3.05, 3.63) is 53.1 Å². The summed E-state index contributed by atoms with van der Waals surface area (Å²) in [7, 11) is 1.86. The maximum absolute atomic E-state index is 13.9. The van der Waals surface area contributed by atoms with Crippen LogP contribution in [0.3, 0.4) is 0 Å². The minimum Gasteiger partial charge on any atom is -0.481 e. The number of carboxylic acid groups (broad SMARTS) is 1. The van der Waals surface area contributed by atoms with Gasteiger partial charge in [0.15, 0.2) is 0 Å². The molecule has 0 saturated heterocycles. The molecule has 116 valence electrons. The van der Waals surface area contributed by atoms with Crippen LogP contribution in [-0.2, 0) is 17.3 Å². The molecular weight excluding hydrogens is 283 g/mol. The monoisotopic (exact) mass is 302 g/mol. The smallest absolute Gasteiger partial charge is 0.314 e. The van der Waals surface area contributed by atoms with E-state index < -0.39 is 11.4 Å². The van der Waals surface area contributed by atoms with Crippen LogP contribution in [-0.4, -0.2) is 20.9 Å². The summed E-state index contributed by atoms with van der Waals surface area (Å²) in [5.41, 5.74) is 1.07. The molecule has 1 heterocycles. The number of hydrogen-bond donors (Lipinski definition) is 1. The van der Waals surface area contributed by atoms with E-state index in [1.165, 1.54) is 6.07 Å². The average Bonchev–Trinajstić information content (AvgIpc) is 3.08. The Bertz CT molecular complexity index is 725. The summed E-state index contributed by atoms with van der Waals surface area (Å²) in [5, 5.41) is 14.0. The Balaban J connectivity index is 2.03. The number of carbonyl (C=O) groups is 1. The molecular formula is C17H19FN2O2. The summed E-state index contributed by atoms with van der Waals surface area (Å²) in [4.78, 5) is 12.0. The highest BCUT2D eigenvalue weighted by atomic mass is 19.1. The van der Waals surface area contributed by atoms with Crippen molar-refractivity contribution in [1.29, 1.82) is 0 Å². The zero-order valence-corrected chi connectivity index (χ0v) is 12.7. The van der Waals surface area contributed by atoms with Crippen LogP contribution in [0.5, 0.6) is 0 Å². The van der Waals surface area contributed by atoms with Crippen LogP contribution in [0.4, 0.5) is 4.39 Å². The Kier molecular flexibility index (Phi) is 3.51. The number of aryl methyl sites for hydroxylation is 1. The molecule has 1 N–H and O–H groups in total. The third kappa shape index (κ3) is 2.12. The minimum absolute atomic E-state index is 0.131. The molecule has 1 aliphatic carbocycles. The number of hydrogen-bond acceptors (Lipinski definition) is 2. The summed E-state index contributed by atoms with van der Waals surface area (Å²) in [6.07, 6.45) is 3.49. The lowest BCUT2D eigenvalue weighted by Crippen LogP contribution is -2.34. The first-order valence-corrected chi connectivity index (χ1v) is 7.42. The third-order valence-electron chi connectivity index (χ3n) is 4.98. The summed E-state index contributed by atoms with van der Waals surface area (Å²) < 4.78 is 15.7. The number of carboxylic acids is 1. The summed E-state index contributed by atoms with van der Waals surface area (Å²) in [6.45, 7) is 1.66. The minimum atomic E-state index is -1.01. The molecule has 0 radical (unpaired) electrons. The van der Waals surface area contributed by atoms with Crippen LogP contribution < -0.4 is 0 Å². The molecule has 0 bridgehead atoms. The number of aromatic nitrogens is 2. The molecule has 0 spiro atoms. The van der Waals surface area contributed by atoms with Gasteiger partial charge in [0, 0.05) is 24.9 Å². The van der Waals surface area contributed by atoms with Crippen LogP contribution in [0.25, 0.3) is 0 Å². The van der Waals surface area contributed by atoms with Gasteiger partial charge in [-0.25, -0.2) is 4.39 Å². The van der Waals surface area contributed by atoms with Gasteiger partial charge in [-0.3, -0.25) is 9.48 Å². The predicted octanol–water partition coefficient (Wildman–Crippen LogP) is 3.16. The Labute approximate surface area is 128 Å². The summed E-state index contributed by atoms with van der Waals surface area (Å²) in [6, 6.07) is 6.65. The molecule has 0 amide bonds. The molecule has 22 heavy (non-hydrogen) atoms. The topological polar surface area (TPSA) is 55.1 Å². The van der Waals surface area contributed by atoms with Gasteiger partial charge >= 0.3 is 5.97 Å². The average molecular weight is 302 g/mol. The van der Waals surface area contributed by atoms with E-state index >= 15 is 0 Å². The van der Waals surface area contributed by atoms with Crippen molar-refractivity contribution in [2.45, 2.75) is 37.5 Å². The second-order valence-electron chi connectivity index (χ2n) is 6.12. The van der Waals surface area contributed by atoms with Gasteiger partial charge in [-0.05, 0) is 49.4 Å². The molecule has 5 heteroatoms. The molecule has 2 atom stereocenters. The SMILES string of the molecule is Cc1c(F)cccc1C1(C(=O)O)CCC(c2ccnn2C)C1. The van der Waals surface area contributed by atoms with Gasteiger partial charge in [0.1, 0.15) is 5.82 Å². The maximum atomic E-state index is 13.9. The Hall–Kier alpha value is -2.17. The largest absolute Gasteiger partial charge is 0.481 e. The lowest BCUT2D eigenvalue weighted by molar-refractivity contribution is -0.143. The van der Waals surface area contributed by atoms with Gasteiger partial charge in [0.2, 0.25) is 0 Å². The van der Waals surface area contributed by atoms with E-state index in [1.807, 2.05) is 13.1 Å². The second kappa shape index (κ2) is 5.23. The number of halogens is 1. The van der Waals surface area contributed by atoms with Crippen molar-refractivity contribution < 1.29 is 14.3 Å². The normalized spacial score (nSPS) is 24.6. The lowest BCUT2D eigenvalue weighted by Gasteiger charge is -2.27. The van der Waals surface area contributed by atoms with E-state index in [0.29, 0.717) is 24.0 Å². The molecule has 3 rings (SSSR count). The molecule has 2 aromatic rings. The number of benzene rings is 1. The first kappa shape index (κ1) is 14.8. The molecule has 1 aromatic carbocycles. The van der Waals surface area contributed by atoms with Crippen molar-refractivity contribution in [1.82, 2.24) is 9.78 Å². The summed E-state index contributed by atoms with van der Waals surface area (Å²) >= 11 is 0. The first-order valence-electron chi connectivity index (χ1n) is 7.42. The standard InChI is InChI=1S/C17H19FN2O2/c1-11-13(4-3-5-14(11)18)17(16(21)22)8-6-12(10-17)15-7-9-19-20(15)2/h3-5,7,9,12H,6,8,10H2,1-2H3,(H,21,22). The van der Waals surface area contributed by atoms with Crippen LogP contribution in [0, 0.1) is 12.7 Å². The zero-order chi connectivity index (χ0) is 15.9. The van der Waals surface area contributed by atoms with E-state index in [4.69, 9.17) is 0 Å². The van der Waals surface area contributed by atoms with E-state index in [0.717, 1.165) is 12.1 Å². The van der Waals surface area contributed by atoms with Gasteiger partial charge in [-0.2, -0.15) is 5.10 Å². The van der Waals surface area contributed by atoms with E-state index in [-0.39, 0.29) is 11.7 Å². The first-order chi connectivity index (χ1) is 10.5. The fraction of sp³-hybridized carbons (Fsp3) is 0.412. The van der Waals surface area contributed by atoms with Crippen LogP contribution in [0.2, 0.25) is 0 Å². The van der Waals surface area contributed by atoms with Crippen LogP contribution >= 0.6 is 0 Å². The van der Waals surface area contributed by atoms with Gasteiger partial charge in [-0.1, -0.05) is 12.1 Å². The fourth-order valence-corrected chi connectivity index (χ4v) is 3.76. The molecule has 1 aliphatic rings. The lowest BCUT2D eigenvalue weighted by atomic mass is 9.76. The molecule has 1 saturated carbocycles. The number of nitrogens with zero attached hydrogens (tertiary/aromatic N) is 2. The second-order valence-corrected chi connectivity index (χ2v) is 6.12. The molecule has 0 aliphatic heterocycles. The van der Waals surface area contributed by atoms with Gasteiger partial charge in [-0.15, -0.1) is 0 Å². The molecule has 4 nitrogen and oxygen atoms in total. The van der Waals surface area contributed by atoms with Crippen LogP contribution in [0.1, 0.15) is 42.0 Å². The van der Waals surface area contributed by atoms with Crippen molar-refractivity contribution in [2.24, 2.45) is 7.05 Å². The van der Waals surface area contributed by atoms with Crippen molar-refractivity contribution in [2.75, 3.05) is 0 Å². The molecule has 1 aromatic heterocycles. The summed E-state index contributed by atoms with van der Waals surface area (Å²) in [5.74, 6) is -1.08. The fourth-order valence-electron chi connectivity index (χ4n) is 3.76. The van der Waals surface area contributed by atoms with Gasteiger partial charge < -0.3 is 5.11 Å². The quantitative estimate of drug-likeness (QED) is 0.947. The van der Waals surface area contributed by atoms with Gasteiger partial charge in [0.05, 0.1) is 5.41 Å². The van der Waals surface area contributed by atoms with Crippen molar-refractivity contribution >= 4 is 5.97 Å². The highest BCUT2D eigenvalue weighted by molar-refractivity contribution is 5.82.